The van der Waals surface area contributed by atoms with Crippen LogP contribution < -0.4 is 10.6 Å². The van der Waals surface area contributed by atoms with E-state index < -0.39 is 0 Å². The maximum absolute atomic E-state index is 6.10. The highest BCUT2D eigenvalue weighted by Crippen LogP contribution is 2.33. The first-order valence-electron chi connectivity index (χ1n) is 9.57. The van der Waals surface area contributed by atoms with E-state index in [2.05, 4.69) is 62.1 Å². The van der Waals surface area contributed by atoms with Crippen LogP contribution in [0.4, 0.5) is 0 Å². The molecule has 0 bridgehead atoms. The number of rotatable bonds is 6. The van der Waals surface area contributed by atoms with Crippen LogP contribution in [0, 0.1) is 11.3 Å². The van der Waals surface area contributed by atoms with E-state index in [0.717, 1.165) is 38.6 Å². The minimum atomic E-state index is 0.176. The summed E-state index contributed by atoms with van der Waals surface area (Å²) in [6.45, 7) is 14.7. The number of hydrogen-bond donors (Lipinski definition) is 2. The van der Waals surface area contributed by atoms with Crippen molar-refractivity contribution >= 4 is 17.3 Å². The van der Waals surface area contributed by atoms with E-state index in [1.807, 2.05) is 0 Å². The van der Waals surface area contributed by atoms with Gasteiger partial charge in [-0.25, -0.2) is 0 Å². The molecule has 1 aromatic heterocycles. The smallest absolute Gasteiger partial charge is 0.191 e. The molecule has 1 aliphatic heterocycles. The molecule has 1 aromatic rings. The summed E-state index contributed by atoms with van der Waals surface area (Å²) in [5.74, 6) is 1.90. The number of thiophene rings is 1. The van der Waals surface area contributed by atoms with Gasteiger partial charge in [-0.3, -0.25) is 4.99 Å². The molecule has 5 heteroatoms. The van der Waals surface area contributed by atoms with Crippen LogP contribution >= 0.6 is 11.3 Å². The number of ether oxygens (including phenoxy) is 1. The Morgan fingerprint density at radius 3 is 2.84 bits per heavy atom. The fraction of sp³-hybridized carbons (Fsp3) is 0.750. The molecule has 0 saturated carbocycles. The minimum Gasteiger partial charge on any atom is -0.377 e. The van der Waals surface area contributed by atoms with Crippen LogP contribution in [0.25, 0.3) is 0 Å². The zero-order valence-electron chi connectivity index (χ0n) is 16.5. The second kappa shape index (κ2) is 9.58. The summed E-state index contributed by atoms with van der Waals surface area (Å²) in [6, 6.07) is 2.19. The lowest BCUT2D eigenvalue weighted by Gasteiger charge is -2.40. The van der Waals surface area contributed by atoms with Crippen molar-refractivity contribution in [3.8, 4) is 0 Å². The van der Waals surface area contributed by atoms with E-state index in [9.17, 15) is 0 Å². The third-order valence-corrected chi connectivity index (χ3v) is 5.51. The molecular formula is C20H35N3OS. The Bertz CT molecular complexity index is 522. The maximum atomic E-state index is 6.10. The normalized spacial score (nSPS) is 23.3. The molecule has 0 aromatic carbocycles. The SMILES string of the molecule is CCNC(=NCC(C)c1ccsc1)NCC1CCCOC1C(C)(C)C. The molecule has 0 radical (unpaired) electrons. The van der Waals surface area contributed by atoms with Gasteiger partial charge >= 0.3 is 0 Å². The van der Waals surface area contributed by atoms with Crippen LogP contribution in [0.3, 0.4) is 0 Å². The molecule has 0 aliphatic carbocycles. The topological polar surface area (TPSA) is 45.7 Å². The van der Waals surface area contributed by atoms with E-state index in [1.54, 1.807) is 11.3 Å². The first kappa shape index (κ1) is 20.2. The second-order valence-corrected chi connectivity index (χ2v) is 8.90. The number of nitrogens with zero attached hydrogens (tertiary/aromatic N) is 1. The van der Waals surface area contributed by atoms with Gasteiger partial charge in [0.15, 0.2) is 5.96 Å². The third kappa shape index (κ3) is 6.30. The standard InChI is InChI=1S/C20H35N3OS/c1-6-21-19(22-12-15(2)17-9-11-25-14-17)23-13-16-8-7-10-24-18(16)20(3,4)5/h9,11,14-16,18H,6-8,10,12-13H2,1-5H3,(H2,21,22,23). The van der Waals surface area contributed by atoms with Gasteiger partial charge in [-0.1, -0.05) is 27.7 Å². The Balaban J connectivity index is 1.92. The van der Waals surface area contributed by atoms with Gasteiger partial charge in [0.2, 0.25) is 0 Å². The van der Waals surface area contributed by atoms with Gasteiger partial charge in [0.25, 0.3) is 0 Å². The molecule has 2 N–H and O–H groups in total. The van der Waals surface area contributed by atoms with E-state index in [-0.39, 0.29) is 5.41 Å². The Hall–Kier alpha value is -1.07. The fourth-order valence-corrected chi connectivity index (χ4v) is 4.25. The summed E-state index contributed by atoms with van der Waals surface area (Å²) >= 11 is 1.75. The van der Waals surface area contributed by atoms with Gasteiger partial charge in [0.1, 0.15) is 0 Å². The summed E-state index contributed by atoms with van der Waals surface area (Å²) < 4.78 is 6.10. The Morgan fingerprint density at radius 1 is 1.40 bits per heavy atom. The van der Waals surface area contributed by atoms with Gasteiger partial charge in [-0.05, 0) is 47.6 Å². The average Bonchev–Trinajstić information content (AvgIpc) is 3.11. The van der Waals surface area contributed by atoms with Crippen molar-refractivity contribution < 1.29 is 4.74 Å². The monoisotopic (exact) mass is 365 g/mol. The Morgan fingerprint density at radius 2 is 2.20 bits per heavy atom. The molecule has 3 atom stereocenters. The predicted molar refractivity (Wildman–Crippen MR) is 109 cm³/mol. The second-order valence-electron chi connectivity index (χ2n) is 8.12. The molecule has 0 amide bonds. The highest BCUT2D eigenvalue weighted by atomic mass is 32.1. The van der Waals surface area contributed by atoms with Crippen molar-refractivity contribution in [2.75, 3.05) is 26.2 Å². The van der Waals surface area contributed by atoms with Crippen molar-refractivity contribution in [3.05, 3.63) is 22.4 Å². The van der Waals surface area contributed by atoms with Crippen molar-refractivity contribution in [3.63, 3.8) is 0 Å². The molecule has 142 valence electrons. The zero-order chi connectivity index (χ0) is 18.3. The molecule has 1 aliphatic rings. The summed E-state index contributed by atoms with van der Waals surface area (Å²) in [6.07, 6.45) is 2.68. The summed E-state index contributed by atoms with van der Waals surface area (Å²) in [5.41, 5.74) is 1.55. The molecule has 1 fully saturated rings. The minimum absolute atomic E-state index is 0.176. The van der Waals surface area contributed by atoms with Crippen LogP contribution in [-0.4, -0.2) is 38.3 Å². The van der Waals surface area contributed by atoms with Crippen molar-refractivity contribution in [1.82, 2.24) is 10.6 Å². The zero-order valence-corrected chi connectivity index (χ0v) is 17.3. The van der Waals surface area contributed by atoms with Crippen LogP contribution in [0.2, 0.25) is 0 Å². The maximum Gasteiger partial charge on any atom is 0.191 e. The predicted octanol–water partition coefficient (Wildman–Crippen LogP) is 4.25. The highest BCUT2D eigenvalue weighted by Gasteiger charge is 2.35. The van der Waals surface area contributed by atoms with E-state index in [1.165, 1.54) is 12.0 Å². The lowest BCUT2D eigenvalue weighted by atomic mass is 9.78. The van der Waals surface area contributed by atoms with Crippen LogP contribution in [0.15, 0.2) is 21.8 Å². The van der Waals surface area contributed by atoms with Crippen LogP contribution in [0.5, 0.6) is 0 Å². The van der Waals surface area contributed by atoms with Gasteiger partial charge < -0.3 is 15.4 Å². The fourth-order valence-electron chi connectivity index (χ4n) is 3.47. The Kier molecular flexibility index (Phi) is 7.76. The number of nitrogens with one attached hydrogen (secondary N) is 2. The molecule has 2 rings (SSSR count). The lowest BCUT2D eigenvalue weighted by molar-refractivity contribution is -0.0835. The molecule has 0 spiro atoms. The summed E-state index contributed by atoms with van der Waals surface area (Å²) in [5, 5.41) is 11.3. The quantitative estimate of drug-likeness (QED) is 0.585. The molecule has 1 saturated heterocycles. The Labute approximate surface area is 157 Å². The lowest BCUT2D eigenvalue weighted by Crippen LogP contribution is -2.47. The molecule has 25 heavy (non-hydrogen) atoms. The van der Waals surface area contributed by atoms with Crippen molar-refractivity contribution in [2.24, 2.45) is 16.3 Å². The summed E-state index contributed by atoms with van der Waals surface area (Å²) in [4.78, 5) is 4.80. The van der Waals surface area contributed by atoms with Crippen LogP contribution in [0.1, 0.15) is 58.9 Å². The largest absolute Gasteiger partial charge is 0.377 e. The van der Waals surface area contributed by atoms with Gasteiger partial charge in [0.05, 0.1) is 6.10 Å². The van der Waals surface area contributed by atoms with Crippen molar-refractivity contribution in [1.29, 1.82) is 0 Å². The van der Waals surface area contributed by atoms with E-state index >= 15 is 0 Å². The number of guanidine groups is 1. The average molecular weight is 366 g/mol. The van der Waals surface area contributed by atoms with Gasteiger partial charge in [-0.15, -0.1) is 0 Å². The first-order valence-corrected chi connectivity index (χ1v) is 10.5. The number of hydrogen-bond acceptors (Lipinski definition) is 3. The molecule has 3 unspecified atom stereocenters. The third-order valence-electron chi connectivity index (χ3n) is 4.81. The summed E-state index contributed by atoms with van der Waals surface area (Å²) in [7, 11) is 0. The van der Waals surface area contributed by atoms with Crippen LogP contribution in [-0.2, 0) is 4.74 Å². The van der Waals surface area contributed by atoms with Crippen molar-refractivity contribution in [2.45, 2.75) is 59.5 Å². The molecule has 2 heterocycles. The highest BCUT2D eigenvalue weighted by molar-refractivity contribution is 7.07. The van der Waals surface area contributed by atoms with E-state index in [4.69, 9.17) is 9.73 Å². The first-order chi connectivity index (χ1) is 11.9. The van der Waals surface area contributed by atoms with Gasteiger partial charge in [0, 0.05) is 38.1 Å². The van der Waals surface area contributed by atoms with Gasteiger partial charge in [-0.2, -0.15) is 11.3 Å². The molecular weight excluding hydrogens is 330 g/mol. The molecule has 4 nitrogen and oxygen atoms in total. The van der Waals surface area contributed by atoms with E-state index in [0.29, 0.717) is 17.9 Å². The number of aliphatic imine (C=N–C) groups is 1.